The molecule has 0 saturated carbocycles. The second-order valence-electron chi connectivity index (χ2n) is 6.33. The number of nitrogens with one attached hydrogen (secondary N) is 2. The van der Waals surface area contributed by atoms with Gasteiger partial charge in [0.05, 0.1) is 6.04 Å². The van der Waals surface area contributed by atoms with Gasteiger partial charge in [0.25, 0.3) is 12.0 Å². The summed E-state index contributed by atoms with van der Waals surface area (Å²) < 4.78 is 26.6. The predicted octanol–water partition coefficient (Wildman–Crippen LogP) is 3.22. The van der Waals surface area contributed by atoms with E-state index >= 15 is 0 Å². The Morgan fingerprint density at radius 2 is 1.96 bits per heavy atom. The van der Waals surface area contributed by atoms with E-state index in [1.165, 1.54) is 0 Å². The number of hydrogen-bond acceptors (Lipinski definition) is 2. The van der Waals surface area contributed by atoms with Crippen LogP contribution in [0.15, 0.2) is 41.2 Å². The quantitative estimate of drug-likeness (QED) is 0.818. The predicted molar refractivity (Wildman–Crippen MR) is 90.5 cm³/mol. The highest BCUT2D eigenvalue weighted by Crippen LogP contribution is 2.19. The van der Waals surface area contributed by atoms with Crippen molar-refractivity contribution in [1.29, 1.82) is 0 Å². The van der Waals surface area contributed by atoms with Gasteiger partial charge in [0.2, 0.25) is 0 Å². The lowest BCUT2D eigenvalue weighted by atomic mass is 10.0. The summed E-state index contributed by atoms with van der Waals surface area (Å²) in [5, 5.41) is 2.87. The van der Waals surface area contributed by atoms with Crippen molar-refractivity contribution in [2.45, 2.75) is 51.1 Å². The van der Waals surface area contributed by atoms with Crippen molar-refractivity contribution in [1.82, 2.24) is 10.3 Å². The molecule has 0 bridgehead atoms. The Labute approximate surface area is 140 Å². The first kappa shape index (κ1) is 16.8. The van der Waals surface area contributed by atoms with Crippen molar-refractivity contribution < 1.29 is 8.78 Å². The molecule has 1 aromatic heterocycles. The molecule has 0 aliphatic heterocycles. The fraction of sp³-hybridized carbons (Fsp3) is 0.421. The van der Waals surface area contributed by atoms with Gasteiger partial charge in [-0.2, -0.15) is 0 Å². The second-order valence-corrected chi connectivity index (χ2v) is 6.33. The number of benzene rings is 1. The van der Waals surface area contributed by atoms with Crippen LogP contribution in [0.5, 0.6) is 0 Å². The van der Waals surface area contributed by atoms with Crippen LogP contribution in [0.25, 0.3) is 0 Å². The molecule has 1 atom stereocenters. The Bertz CT molecular complexity index is 728. The third kappa shape index (κ3) is 4.09. The zero-order valence-corrected chi connectivity index (χ0v) is 13.5. The smallest absolute Gasteiger partial charge is 0.253 e. The number of halogens is 2. The number of aryl methyl sites for hydroxylation is 3. The SMILES string of the molecule is O=c1[nH]c2c(cc1CNC(CCc1ccccc1)C(F)F)CCC2. The Hall–Kier alpha value is -2.01. The van der Waals surface area contributed by atoms with Crippen LogP contribution < -0.4 is 10.9 Å². The van der Waals surface area contributed by atoms with E-state index in [-0.39, 0.29) is 12.1 Å². The molecular formula is C19H22F2N2O. The van der Waals surface area contributed by atoms with Crippen LogP contribution in [0, 0.1) is 0 Å². The van der Waals surface area contributed by atoms with E-state index in [1.54, 1.807) is 0 Å². The molecule has 1 aromatic carbocycles. The molecule has 1 unspecified atom stereocenters. The molecule has 0 amide bonds. The highest BCUT2D eigenvalue weighted by molar-refractivity contribution is 5.29. The van der Waals surface area contributed by atoms with Gasteiger partial charge in [-0.05, 0) is 49.3 Å². The van der Waals surface area contributed by atoms with E-state index in [0.29, 0.717) is 18.4 Å². The molecule has 3 nitrogen and oxygen atoms in total. The van der Waals surface area contributed by atoms with Gasteiger partial charge in [-0.25, -0.2) is 8.78 Å². The van der Waals surface area contributed by atoms with E-state index in [9.17, 15) is 13.6 Å². The minimum atomic E-state index is -2.46. The van der Waals surface area contributed by atoms with Gasteiger partial charge in [0.1, 0.15) is 0 Å². The van der Waals surface area contributed by atoms with E-state index in [2.05, 4.69) is 10.3 Å². The molecule has 1 heterocycles. The van der Waals surface area contributed by atoms with Gasteiger partial charge in [0.15, 0.2) is 0 Å². The molecule has 0 saturated heterocycles. The minimum Gasteiger partial charge on any atom is -0.326 e. The number of fused-ring (bicyclic) bond motifs is 1. The van der Waals surface area contributed by atoms with E-state index in [4.69, 9.17) is 0 Å². The average Bonchev–Trinajstić information content (AvgIpc) is 3.02. The third-order valence-electron chi connectivity index (χ3n) is 4.61. The number of hydrogen-bond donors (Lipinski definition) is 2. The number of pyridine rings is 1. The molecule has 24 heavy (non-hydrogen) atoms. The van der Waals surface area contributed by atoms with Crippen LogP contribution in [0.3, 0.4) is 0 Å². The molecule has 1 aliphatic rings. The topological polar surface area (TPSA) is 44.9 Å². The Morgan fingerprint density at radius 3 is 2.71 bits per heavy atom. The van der Waals surface area contributed by atoms with E-state index in [1.807, 2.05) is 36.4 Å². The zero-order chi connectivity index (χ0) is 16.9. The van der Waals surface area contributed by atoms with Crippen molar-refractivity contribution >= 4 is 0 Å². The van der Waals surface area contributed by atoms with Gasteiger partial charge < -0.3 is 10.3 Å². The molecule has 0 radical (unpaired) electrons. The van der Waals surface area contributed by atoms with Crippen molar-refractivity contribution in [3.05, 3.63) is 69.1 Å². The normalized spacial score (nSPS) is 14.8. The third-order valence-corrected chi connectivity index (χ3v) is 4.61. The Kier molecular flexibility index (Phi) is 5.41. The number of aromatic nitrogens is 1. The zero-order valence-electron chi connectivity index (χ0n) is 13.5. The first-order valence-corrected chi connectivity index (χ1v) is 8.43. The lowest BCUT2D eigenvalue weighted by Gasteiger charge is -2.18. The Balaban J connectivity index is 1.61. The van der Waals surface area contributed by atoms with E-state index < -0.39 is 12.5 Å². The van der Waals surface area contributed by atoms with Gasteiger partial charge in [-0.1, -0.05) is 30.3 Å². The maximum atomic E-state index is 13.3. The summed E-state index contributed by atoms with van der Waals surface area (Å²) in [5.74, 6) is 0. The van der Waals surface area contributed by atoms with Crippen LogP contribution in [0.2, 0.25) is 0 Å². The minimum absolute atomic E-state index is 0.167. The van der Waals surface area contributed by atoms with Crippen LogP contribution in [-0.2, 0) is 25.8 Å². The molecule has 128 valence electrons. The molecule has 2 N–H and O–H groups in total. The van der Waals surface area contributed by atoms with Crippen LogP contribution >= 0.6 is 0 Å². The number of H-pyrrole nitrogens is 1. The molecule has 0 spiro atoms. The van der Waals surface area contributed by atoms with Crippen LogP contribution in [0.1, 0.15) is 35.2 Å². The molecule has 2 aromatic rings. The molecule has 1 aliphatic carbocycles. The average molecular weight is 332 g/mol. The summed E-state index contributed by atoms with van der Waals surface area (Å²) >= 11 is 0. The summed E-state index contributed by atoms with van der Waals surface area (Å²) in [7, 11) is 0. The second kappa shape index (κ2) is 7.71. The fourth-order valence-electron chi connectivity index (χ4n) is 3.22. The first-order valence-electron chi connectivity index (χ1n) is 8.43. The van der Waals surface area contributed by atoms with Crippen LogP contribution in [-0.4, -0.2) is 17.5 Å². The molecule has 3 rings (SSSR count). The highest BCUT2D eigenvalue weighted by Gasteiger charge is 2.21. The number of aromatic amines is 1. The lowest BCUT2D eigenvalue weighted by Crippen LogP contribution is -2.37. The monoisotopic (exact) mass is 332 g/mol. The maximum absolute atomic E-state index is 13.3. The summed E-state index contributed by atoms with van der Waals surface area (Å²) in [6, 6.07) is 10.5. The van der Waals surface area contributed by atoms with Gasteiger partial charge in [-0.3, -0.25) is 4.79 Å². The summed E-state index contributed by atoms with van der Waals surface area (Å²) in [6.07, 6.45) is 1.36. The maximum Gasteiger partial charge on any atom is 0.253 e. The summed E-state index contributed by atoms with van der Waals surface area (Å²) in [6.45, 7) is 0.173. The standard InChI is InChI=1S/C19H22F2N2O/c20-18(21)17(10-9-13-5-2-1-3-6-13)22-12-15-11-14-7-4-8-16(14)23-19(15)24/h1-3,5-6,11,17-18,22H,4,7-10,12H2,(H,23,24). The number of alkyl halides is 2. The highest BCUT2D eigenvalue weighted by atomic mass is 19.3. The van der Waals surface area contributed by atoms with Gasteiger partial charge >= 0.3 is 0 Å². The lowest BCUT2D eigenvalue weighted by molar-refractivity contribution is 0.0932. The van der Waals surface area contributed by atoms with Crippen LogP contribution in [0.4, 0.5) is 8.78 Å². The molecule has 5 heteroatoms. The van der Waals surface area contributed by atoms with Crippen molar-refractivity contribution in [3.63, 3.8) is 0 Å². The van der Waals surface area contributed by atoms with Gasteiger partial charge in [-0.15, -0.1) is 0 Å². The van der Waals surface area contributed by atoms with Crippen molar-refractivity contribution in [2.24, 2.45) is 0 Å². The van der Waals surface area contributed by atoms with Crippen molar-refractivity contribution in [2.75, 3.05) is 0 Å². The Morgan fingerprint density at radius 1 is 1.17 bits per heavy atom. The molecule has 0 fully saturated rings. The number of rotatable bonds is 7. The summed E-state index contributed by atoms with van der Waals surface area (Å²) in [5.41, 5.74) is 3.56. The van der Waals surface area contributed by atoms with Crippen molar-refractivity contribution in [3.8, 4) is 0 Å². The fourth-order valence-corrected chi connectivity index (χ4v) is 3.22. The molecular weight excluding hydrogens is 310 g/mol. The van der Waals surface area contributed by atoms with Gasteiger partial charge in [0, 0.05) is 17.8 Å². The first-order chi connectivity index (χ1) is 11.6. The largest absolute Gasteiger partial charge is 0.326 e. The van der Waals surface area contributed by atoms with E-state index in [0.717, 1.165) is 36.1 Å². The summed E-state index contributed by atoms with van der Waals surface area (Å²) in [4.78, 5) is 14.9.